The van der Waals surface area contributed by atoms with Crippen LogP contribution in [0.15, 0.2) is 18.6 Å². The normalized spacial score (nSPS) is 16.8. The van der Waals surface area contributed by atoms with E-state index in [1.165, 1.54) is 6.33 Å². The maximum Gasteiger partial charge on any atom is 0.224 e. The molecule has 16 heavy (non-hydrogen) atoms. The molecule has 0 aliphatic heterocycles. The van der Waals surface area contributed by atoms with Crippen LogP contribution >= 0.6 is 0 Å². The second-order valence-corrected chi connectivity index (χ2v) is 4.12. The summed E-state index contributed by atoms with van der Waals surface area (Å²) in [5, 5.41) is 2.96. The number of hydrogen-bond acceptors (Lipinski definition) is 4. The van der Waals surface area contributed by atoms with Gasteiger partial charge in [-0.15, -0.1) is 0 Å². The lowest BCUT2D eigenvalue weighted by Gasteiger charge is -2.13. The summed E-state index contributed by atoms with van der Waals surface area (Å²) in [7, 11) is 0. The van der Waals surface area contributed by atoms with Crippen molar-refractivity contribution in [3.8, 4) is 0 Å². The molecule has 1 heterocycles. The van der Waals surface area contributed by atoms with E-state index in [1.807, 2.05) is 6.07 Å². The van der Waals surface area contributed by atoms with Gasteiger partial charge < -0.3 is 11.1 Å². The van der Waals surface area contributed by atoms with Crippen LogP contribution in [0.5, 0.6) is 0 Å². The van der Waals surface area contributed by atoms with Gasteiger partial charge in [0.1, 0.15) is 6.33 Å². The first-order valence-corrected chi connectivity index (χ1v) is 5.55. The van der Waals surface area contributed by atoms with Crippen LogP contribution < -0.4 is 11.1 Å². The molecule has 3 N–H and O–H groups in total. The van der Waals surface area contributed by atoms with Gasteiger partial charge in [-0.3, -0.25) is 4.79 Å². The van der Waals surface area contributed by atoms with Crippen LogP contribution in [-0.4, -0.2) is 28.5 Å². The molecule has 1 unspecified atom stereocenters. The molecule has 86 valence electrons. The number of hydrogen-bond donors (Lipinski definition) is 2. The van der Waals surface area contributed by atoms with E-state index in [-0.39, 0.29) is 11.8 Å². The van der Waals surface area contributed by atoms with Crippen LogP contribution in [0.1, 0.15) is 18.5 Å². The van der Waals surface area contributed by atoms with Crippen molar-refractivity contribution < 1.29 is 4.79 Å². The van der Waals surface area contributed by atoms with Crippen molar-refractivity contribution in [1.29, 1.82) is 0 Å². The maximum atomic E-state index is 11.8. The average molecular weight is 220 g/mol. The minimum Gasteiger partial charge on any atom is -0.353 e. The lowest BCUT2D eigenvalue weighted by Crippen LogP contribution is -2.37. The largest absolute Gasteiger partial charge is 0.353 e. The van der Waals surface area contributed by atoms with E-state index in [4.69, 9.17) is 5.73 Å². The van der Waals surface area contributed by atoms with Crippen LogP contribution in [-0.2, 0) is 11.2 Å². The zero-order valence-electron chi connectivity index (χ0n) is 9.10. The van der Waals surface area contributed by atoms with E-state index in [0.29, 0.717) is 19.0 Å². The average Bonchev–Trinajstić information content (AvgIpc) is 3.11. The van der Waals surface area contributed by atoms with Crippen LogP contribution in [0.2, 0.25) is 0 Å². The van der Waals surface area contributed by atoms with Gasteiger partial charge in [0.15, 0.2) is 0 Å². The first-order chi connectivity index (χ1) is 7.79. The highest BCUT2D eigenvalue weighted by molar-refractivity contribution is 5.79. The fraction of sp³-hybridized carbons (Fsp3) is 0.545. The number of nitrogens with two attached hydrogens (primary N) is 1. The van der Waals surface area contributed by atoms with E-state index >= 15 is 0 Å². The molecule has 1 saturated carbocycles. The summed E-state index contributed by atoms with van der Waals surface area (Å²) in [6, 6.07) is 2.19. The molecule has 1 atom stereocenters. The molecule has 0 radical (unpaired) electrons. The lowest BCUT2D eigenvalue weighted by atomic mass is 10.0. The van der Waals surface area contributed by atoms with Crippen molar-refractivity contribution in [3.63, 3.8) is 0 Å². The molecule has 1 amide bonds. The first-order valence-electron chi connectivity index (χ1n) is 5.55. The van der Waals surface area contributed by atoms with Crippen LogP contribution in [0.3, 0.4) is 0 Å². The summed E-state index contributed by atoms with van der Waals surface area (Å²) in [5.41, 5.74) is 6.47. The Hall–Kier alpha value is -1.49. The minimum atomic E-state index is -0.185. The smallest absolute Gasteiger partial charge is 0.224 e. The second kappa shape index (κ2) is 5.03. The van der Waals surface area contributed by atoms with Crippen molar-refractivity contribution >= 4 is 5.91 Å². The van der Waals surface area contributed by atoms with E-state index in [1.54, 1.807) is 6.20 Å². The van der Waals surface area contributed by atoms with E-state index in [2.05, 4.69) is 15.3 Å². The summed E-state index contributed by atoms with van der Waals surface area (Å²) in [4.78, 5) is 19.7. The van der Waals surface area contributed by atoms with Gasteiger partial charge in [-0.1, -0.05) is 0 Å². The third-order valence-electron chi connectivity index (χ3n) is 2.68. The number of nitrogens with zero attached hydrogens (tertiary/aromatic N) is 2. The summed E-state index contributed by atoms with van der Waals surface area (Å²) >= 11 is 0. The zero-order chi connectivity index (χ0) is 11.4. The Morgan fingerprint density at radius 3 is 3.00 bits per heavy atom. The summed E-state index contributed by atoms with van der Waals surface area (Å²) < 4.78 is 0. The van der Waals surface area contributed by atoms with Crippen LogP contribution in [0.25, 0.3) is 0 Å². The van der Waals surface area contributed by atoms with Gasteiger partial charge >= 0.3 is 0 Å². The molecule has 5 nitrogen and oxygen atoms in total. The van der Waals surface area contributed by atoms with Crippen LogP contribution in [0, 0.1) is 5.92 Å². The molecule has 0 saturated heterocycles. The monoisotopic (exact) mass is 220 g/mol. The molecule has 1 aliphatic carbocycles. The molecule has 0 spiro atoms. The Balaban J connectivity index is 1.91. The van der Waals surface area contributed by atoms with Crippen LogP contribution in [0.4, 0.5) is 0 Å². The highest BCUT2D eigenvalue weighted by Gasteiger charge is 2.27. The number of carbonyl (C=O) groups excluding carboxylic acids is 1. The molecule has 5 heteroatoms. The predicted octanol–water partition coefficient (Wildman–Crippen LogP) is -0.127. The van der Waals surface area contributed by atoms with Crippen molar-refractivity contribution in [2.45, 2.75) is 25.3 Å². The molecule has 1 aliphatic rings. The predicted molar refractivity (Wildman–Crippen MR) is 59.4 cm³/mol. The minimum absolute atomic E-state index is 0.0450. The van der Waals surface area contributed by atoms with E-state index in [9.17, 15) is 4.79 Å². The number of nitrogens with one attached hydrogen (secondary N) is 1. The highest BCUT2D eigenvalue weighted by atomic mass is 16.2. The molecule has 1 fully saturated rings. The van der Waals surface area contributed by atoms with Gasteiger partial charge in [-0.25, -0.2) is 9.97 Å². The van der Waals surface area contributed by atoms with Gasteiger partial charge in [-0.05, 0) is 18.9 Å². The van der Waals surface area contributed by atoms with Crippen molar-refractivity contribution in [3.05, 3.63) is 24.3 Å². The summed E-state index contributed by atoms with van der Waals surface area (Å²) in [6.45, 7) is 0.350. The number of rotatable bonds is 5. The third-order valence-corrected chi connectivity index (χ3v) is 2.68. The van der Waals surface area contributed by atoms with Gasteiger partial charge in [-0.2, -0.15) is 0 Å². The molecule has 1 aromatic heterocycles. The molecule has 2 rings (SSSR count). The SMILES string of the molecule is NCC(Cc1ccncn1)C(=O)NC1CC1. The molecular formula is C11H16N4O. The Morgan fingerprint density at radius 2 is 2.44 bits per heavy atom. The molecule has 0 aromatic carbocycles. The summed E-state index contributed by atoms with van der Waals surface area (Å²) in [6.07, 6.45) is 5.93. The second-order valence-electron chi connectivity index (χ2n) is 4.12. The van der Waals surface area contributed by atoms with Gasteiger partial charge in [0, 0.05) is 30.9 Å². The molecular weight excluding hydrogens is 204 g/mol. The lowest BCUT2D eigenvalue weighted by molar-refractivity contribution is -0.124. The Kier molecular flexibility index (Phi) is 3.46. The van der Waals surface area contributed by atoms with Crippen molar-refractivity contribution in [2.75, 3.05) is 6.54 Å². The van der Waals surface area contributed by atoms with Crippen molar-refractivity contribution in [2.24, 2.45) is 11.7 Å². The van der Waals surface area contributed by atoms with E-state index < -0.39 is 0 Å². The third kappa shape index (κ3) is 3.00. The highest BCUT2D eigenvalue weighted by Crippen LogP contribution is 2.19. The zero-order valence-corrected chi connectivity index (χ0v) is 9.10. The summed E-state index contributed by atoms with van der Waals surface area (Å²) in [5.74, 6) is -0.140. The van der Waals surface area contributed by atoms with E-state index in [0.717, 1.165) is 18.5 Å². The first kappa shape index (κ1) is 11.0. The number of amides is 1. The fourth-order valence-electron chi connectivity index (χ4n) is 1.52. The Bertz CT molecular complexity index is 350. The van der Waals surface area contributed by atoms with Gasteiger partial charge in [0.25, 0.3) is 0 Å². The van der Waals surface area contributed by atoms with Gasteiger partial charge in [0.2, 0.25) is 5.91 Å². The fourth-order valence-corrected chi connectivity index (χ4v) is 1.52. The maximum absolute atomic E-state index is 11.8. The topological polar surface area (TPSA) is 80.9 Å². The van der Waals surface area contributed by atoms with Gasteiger partial charge in [0.05, 0.1) is 5.92 Å². The molecule has 0 bridgehead atoms. The van der Waals surface area contributed by atoms with Crippen molar-refractivity contribution in [1.82, 2.24) is 15.3 Å². The number of carbonyl (C=O) groups is 1. The quantitative estimate of drug-likeness (QED) is 0.724. The standard InChI is InChI=1S/C11H16N4O/c12-6-8(11(16)15-9-1-2-9)5-10-3-4-13-7-14-10/h3-4,7-9H,1-2,5-6,12H2,(H,15,16). The Morgan fingerprint density at radius 1 is 1.62 bits per heavy atom. The molecule has 1 aromatic rings. The number of aromatic nitrogens is 2. The Labute approximate surface area is 94.5 Å².